The van der Waals surface area contributed by atoms with Gasteiger partial charge in [-0.25, -0.2) is 8.42 Å². The standard InChI is InChI=1S/C14H18N2O2S/c1-11(2)14-4-3-9-16(14)19(17,18)13-7-5-12(10-15)6-8-13/h5-8,11,14H,3-4,9H2,1-2H3. The van der Waals surface area contributed by atoms with E-state index >= 15 is 0 Å². The van der Waals surface area contributed by atoms with Crippen molar-refractivity contribution in [2.24, 2.45) is 5.92 Å². The molecule has 1 atom stereocenters. The van der Waals surface area contributed by atoms with E-state index in [1.807, 2.05) is 6.07 Å². The molecule has 0 aromatic heterocycles. The van der Waals surface area contributed by atoms with Crippen molar-refractivity contribution < 1.29 is 8.42 Å². The van der Waals surface area contributed by atoms with Crippen molar-refractivity contribution in [2.45, 2.75) is 37.6 Å². The number of hydrogen-bond donors (Lipinski definition) is 0. The molecule has 0 radical (unpaired) electrons. The summed E-state index contributed by atoms with van der Waals surface area (Å²) in [6.45, 7) is 4.69. The summed E-state index contributed by atoms with van der Waals surface area (Å²) in [4.78, 5) is 0.277. The van der Waals surface area contributed by atoms with Crippen LogP contribution in [0.4, 0.5) is 0 Å². The van der Waals surface area contributed by atoms with E-state index < -0.39 is 10.0 Å². The van der Waals surface area contributed by atoms with E-state index in [9.17, 15) is 8.42 Å². The van der Waals surface area contributed by atoms with E-state index in [4.69, 9.17) is 5.26 Å². The number of benzene rings is 1. The molecule has 1 aromatic carbocycles. The summed E-state index contributed by atoms with van der Waals surface area (Å²) >= 11 is 0. The lowest BCUT2D eigenvalue weighted by Crippen LogP contribution is -2.38. The first-order valence-corrected chi connectivity index (χ1v) is 7.93. The number of nitriles is 1. The maximum Gasteiger partial charge on any atom is 0.243 e. The molecule has 19 heavy (non-hydrogen) atoms. The molecule has 1 fully saturated rings. The summed E-state index contributed by atoms with van der Waals surface area (Å²) in [6, 6.07) is 8.21. The highest BCUT2D eigenvalue weighted by Crippen LogP contribution is 2.30. The van der Waals surface area contributed by atoms with Crippen LogP contribution < -0.4 is 0 Å². The zero-order chi connectivity index (χ0) is 14.0. The van der Waals surface area contributed by atoms with Gasteiger partial charge >= 0.3 is 0 Å². The maximum atomic E-state index is 12.6. The fourth-order valence-electron chi connectivity index (χ4n) is 2.57. The zero-order valence-electron chi connectivity index (χ0n) is 11.2. The normalized spacial score (nSPS) is 20.6. The van der Waals surface area contributed by atoms with Crippen molar-refractivity contribution in [3.8, 4) is 6.07 Å². The summed E-state index contributed by atoms with van der Waals surface area (Å²) in [5.74, 6) is 0.315. The van der Waals surface area contributed by atoms with Gasteiger partial charge < -0.3 is 0 Å². The Hall–Kier alpha value is -1.38. The molecule has 0 N–H and O–H groups in total. The Morgan fingerprint density at radius 1 is 1.32 bits per heavy atom. The van der Waals surface area contributed by atoms with Gasteiger partial charge in [0.1, 0.15) is 0 Å². The van der Waals surface area contributed by atoms with Crippen molar-refractivity contribution in [1.29, 1.82) is 5.26 Å². The fourth-order valence-corrected chi connectivity index (χ4v) is 4.39. The van der Waals surface area contributed by atoms with Crippen molar-refractivity contribution in [3.05, 3.63) is 29.8 Å². The van der Waals surface area contributed by atoms with Crippen LogP contribution in [0.3, 0.4) is 0 Å². The van der Waals surface area contributed by atoms with Crippen LogP contribution in [-0.2, 0) is 10.0 Å². The molecule has 1 aliphatic heterocycles. The van der Waals surface area contributed by atoms with Crippen LogP contribution in [0, 0.1) is 17.2 Å². The van der Waals surface area contributed by atoms with Crippen LogP contribution in [0.1, 0.15) is 32.3 Å². The van der Waals surface area contributed by atoms with Gasteiger partial charge in [-0.1, -0.05) is 13.8 Å². The first kappa shape index (κ1) is 14.0. The van der Waals surface area contributed by atoms with Crippen molar-refractivity contribution in [1.82, 2.24) is 4.31 Å². The van der Waals surface area contributed by atoms with Gasteiger partial charge in [0.05, 0.1) is 16.5 Å². The number of hydrogen-bond acceptors (Lipinski definition) is 3. The second-order valence-electron chi connectivity index (χ2n) is 5.21. The molecule has 1 aliphatic rings. The molecule has 0 amide bonds. The highest BCUT2D eigenvalue weighted by molar-refractivity contribution is 7.89. The number of sulfonamides is 1. The summed E-state index contributed by atoms with van der Waals surface area (Å²) in [5, 5.41) is 8.75. The zero-order valence-corrected chi connectivity index (χ0v) is 12.0. The number of nitrogens with zero attached hydrogens (tertiary/aromatic N) is 2. The van der Waals surface area contributed by atoms with Crippen LogP contribution in [0.25, 0.3) is 0 Å². The Morgan fingerprint density at radius 3 is 2.47 bits per heavy atom. The van der Waals surface area contributed by atoms with Gasteiger partial charge in [0.15, 0.2) is 0 Å². The van der Waals surface area contributed by atoms with Gasteiger partial charge in [-0.15, -0.1) is 0 Å². The minimum absolute atomic E-state index is 0.0839. The van der Waals surface area contributed by atoms with Gasteiger partial charge in [0.25, 0.3) is 0 Å². The molecule has 1 heterocycles. The third kappa shape index (κ3) is 2.65. The van der Waals surface area contributed by atoms with Crippen molar-refractivity contribution in [2.75, 3.05) is 6.54 Å². The van der Waals surface area contributed by atoms with E-state index in [2.05, 4.69) is 13.8 Å². The lowest BCUT2D eigenvalue weighted by molar-refractivity contribution is 0.316. The molecular weight excluding hydrogens is 260 g/mol. The molecule has 5 heteroatoms. The molecule has 4 nitrogen and oxygen atoms in total. The quantitative estimate of drug-likeness (QED) is 0.852. The van der Waals surface area contributed by atoms with E-state index in [0.29, 0.717) is 18.0 Å². The van der Waals surface area contributed by atoms with Gasteiger partial charge in [0.2, 0.25) is 10.0 Å². The SMILES string of the molecule is CC(C)C1CCCN1S(=O)(=O)c1ccc(C#N)cc1. The van der Waals surface area contributed by atoms with E-state index in [-0.39, 0.29) is 10.9 Å². The Balaban J connectivity index is 2.34. The molecule has 0 spiro atoms. The van der Waals surface area contributed by atoms with Crippen molar-refractivity contribution in [3.63, 3.8) is 0 Å². The minimum atomic E-state index is -3.43. The summed E-state index contributed by atoms with van der Waals surface area (Å²) in [7, 11) is -3.43. The predicted molar refractivity (Wildman–Crippen MR) is 72.9 cm³/mol. The second kappa shape index (κ2) is 5.32. The maximum absolute atomic E-state index is 12.6. The summed E-state index contributed by atoms with van der Waals surface area (Å²) < 4.78 is 26.8. The Bertz CT molecular complexity index is 585. The Morgan fingerprint density at radius 2 is 1.95 bits per heavy atom. The van der Waals surface area contributed by atoms with Crippen LogP contribution in [0.5, 0.6) is 0 Å². The summed E-state index contributed by atoms with van der Waals surface area (Å²) in [5.41, 5.74) is 0.473. The third-order valence-corrected chi connectivity index (χ3v) is 5.55. The monoisotopic (exact) mass is 278 g/mol. The Kier molecular flexibility index (Phi) is 3.93. The molecule has 1 aromatic rings. The highest BCUT2D eigenvalue weighted by Gasteiger charge is 2.36. The van der Waals surface area contributed by atoms with E-state index in [1.165, 1.54) is 12.1 Å². The number of rotatable bonds is 3. The van der Waals surface area contributed by atoms with Gasteiger partial charge in [-0.05, 0) is 43.0 Å². The fraction of sp³-hybridized carbons (Fsp3) is 0.500. The lowest BCUT2D eigenvalue weighted by atomic mass is 10.0. The third-order valence-electron chi connectivity index (χ3n) is 3.61. The molecule has 0 bridgehead atoms. The molecular formula is C14H18N2O2S. The predicted octanol–water partition coefficient (Wildman–Crippen LogP) is 2.37. The van der Waals surface area contributed by atoms with Gasteiger partial charge in [0, 0.05) is 12.6 Å². The molecule has 1 unspecified atom stereocenters. The van der Waals surface area contributed by atoms with Crippen LogP contribution in [-0.4, -0.2) is 25.3 Å². The lowest BCUT2D eigenvalue weighted by Gasteiger charge is -2.26. The second-order valence-corrected chi connectivity index (χ2v) is 7.10. The van der Waals surface area contributed by atoms with Gasteiger partial charge in [-0.3, -0.25) is 0 Å². The smallest absolute Gasteiger partial charge is 0.207 e. The first-order chi connectivity index (χ1) is 8.96. The van der Waals surface area contributed by atoms with Crippen LogP contribution in [0.2, 0.25) is 0 Å². The van der Waals surface area contributed by atoms with E-state index in [0.717, 1.165) is 12.8 Å². The average molecular weight is 278 g/mol. The van der Waals surface area contributed by atoms with Crippen LogP contribution in [0.15, 0.2) is 29.2 Å². The first-order valence-electron chi connectivity index (χ1n) is 6.49. The van der Waals surface area contributed by atoms with Gasteiger partial charge in [-0.2, -0.15) is 9.57 Å². The molecule has 102 valence electrons. The summed E-state index contributed by atoms with van der Waals surface area (Å²) in [6.07, 6.45) is 1.84. The molecule has 0 aliphatic carbocycles. The molecule has 1 saturated heterocycles. The van der Waals surface area contributed by atoms with Crippen LogP contribution >= 0.6 is 0 Å². The molecule has 0 saturated carbocycles. The van der Waals surface area contributed by atoms with E-state index in [1.54, 1.807) is 16.4 Å². The molecule has 2 rings (SSSR count). The topological polar surface area (TPSA) is 61.2 Å². The highest BCUT2D eigenvalue weighted by atomic mass is 32.2. The average Bonchev–Trinajstić information content (AvgIpc) is 2.89. The minimum Gasteiger partial charge on any atom is -0.207 e. The Labute approximate surface area is 114 Å². The van der Waals surface area contributed by atoms with Crippen molar-refractivity contribution >= 4 is 10.0 Å². The largest absolute Gasteiger partial charge is 0.243 e.